The lowest BCUT2D eigenvalue weighted by Crippen LogP contribution is -2.62. The molecular weight excluding hydrogens is 294 g/mol. The van der Waals surface area contributed by atoms with Crippen LogP contribution in [0.4, 0.5) is 0 Å². The van der Waals surface area contributed by atoms with Gasteiger partial charge in [0.25, 0.3) is 0 Å². The molecule has 6 nitrogen and oxygen atoms in total. The van der Waals surface area contributed by atoms with Gasteiger partial charge in [0.05, 0.1) is 12.5 Å². The van der Waals surface area contributed by atoms with E-state index in [0.717, 1.165) is 12.8 Å². The number of ether oxygens (including phenoxy) is 1. The fourth-order valence-corrected chi connectivity index (χ4v) is 4.11. The van der Waals surface area contributed by atoms with Crippen LogP contribution in [0.5, 0.6) is 0 Å². The van der Waals surface area contributed by atoms with Crippen molar-refractivity contribution in [2.75, 3.05) is 26.8 Å². The molecule has 2 rings (SSSR count). The molecule has 23 heavy (non-hydrogen) atoms. The zero-order chi connectivity index (χ0) is 17.3. The van der Waals surface area contributed by atoms with Gasteiger partial charge >= 0.3 is 0 Å². The lowest BCUT2D eigenvalue weighted by Gasteiger charge is -2.46. The lowest BCUT2D eigenvalue weighted by atomic mass is 9.79. The second-order valence-corrected chi connectivity index (χ2v) is 8.24. The maximum atomic E-state index is 12.6. The molecule has 2 aliphatic heterocycles. The lowest BCUT2D eigenvalue weighted by molar-refractivity contribution is -0.129. The molecule has 1 atom stereocenters. The minimum Gasteiger partial charge on any atom is -0.383 e. The van der Waals surface area contributed by atoms with Gasteiger partial charge in [-0.3, -0.25) is 9.59 Å². The average Bonchev–Trinajstić information content (AvgIpc) is 2.74. The van der Waals surface area contributed by atoms with Crippen molar-refractivity contribution in [1.29, 1.82) is 0 Å². The van der Waals surface area contributed by atoms with Gasteiger partial charge in [-0.15, -0.1) is 0 Å². The highest BCUT2D eigenvalue weighted by Crippen LogP contribution is 2.29. The SMILES string of the molecule is COCCN1CC(C(=O)NC2CC(C)(C)NC(C)(C)C2)CC1=O. The molecular formula is C17H31N3O3. The van der Waals surface area contributed by atoms with E-state index < -0.39 is 0 Å². The summed E-state index contributed by atoms with van der Waals surface area (Å²) in [5.41, 5.74) is -0.00855. The molecule has 2 fully saturated rings. The van der Waals surface area contributed by atoms with Crippen LogP contribution in [0.15, 0.2) is 0 Å². The molecule has 2 amide bonds. The maximum absolute atomic E-state index is 12.6. The second-order valence-electron chi connectivity index (χ2n) is 8.24. The number of hydrogen-bond acceptors (Lipinski definition) is 4. The first-order chi connectivity index (χ1) is 10.6. The number of carbonyl (C=O) groups is 2. The minimum atomic E-state index is -0.236. The van der Waals surface area contributed by atoms with E-state index in [2.05, 4.69) is 38.3 Å². The predicted octanol–water partition coefficient (Wildman–Crippen LogP) is 0.907. The van der Waals surface area contributed by atoms with Gasteiger partial charge in [-0.05, 0) is 40.5 Å². The minimum absolute atomic E-state index is 0.00427. The second kappa shape index (κ2) is 6.77. The predicted molar refractivity (Wildman–Crippen MR) is 89.0 cm³/mol. The Morgan fingerprint density at radius 3 is 2.48 bits per heavy atom. The van der Waals surface area contributed by atoms with E-state index in [1.807, 2.05) is 0 Å². The summed E-state index contributed by atoms with van der Waals surface area (Å²) in [6.45, 7) is 10.2. The number of nitrogens with zero attached hydrogens (tertiary/aromatic N) is 1. The molecule has 2 N–H and O–H groups in total. The number of piperidine rings is 1. The quantitative estimate of drug-likeness (QED) is 0.788. The van der Waals surface area contributed by atoms with E-state index in [4.69, 9.17) is 4.74 Å². The molecule has 0 bridgehead atoms. The van der Waals surface area contributed by atoms with Crippen molar-refractivity contribution in [2.45, 2.75) is 64.1 Å². The summed E-state index contributed by atoms with van der Waals surface area (Å²) in [6.07, 6.45) is 2.11. The molecule has 2 heterocycles. The van der Waals surface area contributed by atoms with Crippen molar-refractivity contribution in [3.05, 3.63) is 0 Å². The van der Waals surface area contributed by atoms with Crippen molar-refractivity contribution in [3.63, 3.8) is 0 Å². The monoisotopic (exact) mass is 325 g/mol. The highest BCUT2D eigenvalue weighted by atomic mass is 16.5. The van der Waals surface area contributed by atoms with Gasteiger partial charge in [-0.1, -0.05) is 0 Å². The molecule has 0 saturated carbocycles. The molecule has 2 saturated heterocycles. The van der Waals surface area contributed by atoms with Crippen LogP contribution < -0.4 is 10.6 Å². The summed E-state index contributed by atoms with van der Waals surface area (Å²) < 4.78 is 5.01. The van der Waals surface area contributed by atoms with Crippen molar-refractivity contribution in [3.8, 4) is 0 Å². The molecule has 0 spiro atoms. The normalized spacial score (nSPS) is 27.3. The molecule has 0 aliphatic carbocycles. The molecule has 132 valence electrons. The largest absolute Gasteiger partial charge is 0.383 e. The van der Waals surface area contributed by atoms with Gasteiger partial charge in [0.2, 0.25) is 11.8 Å². The summed E-state index contributed by atoms with van der Waals surface area (Å²) in [5.74, 6) is -0.176. The van der Waals surface area contributed by atoms with Crippen LogP contribution in [0.3, 0.4) is 0 Å². The Labute approximate surface area is 139 Å². The van der Waals surface area contributed by atoms with Crippen LogP contribution in [-0.4, -0.2) is 60.6 Å². The Bertz CT molecular complexity index is 446. The first-order valence-electron chi connectivity index (χ1n) is 8.48. The summed E-state index contributed by atoms with van der Waals surface area (Å²) in [5, 5.41) is 6.79. The third-order valence-corrected chi connectivity index (χ3v) is 4.69. The van der Waals surface area contributed by atoms with Gasteiger partial charge in [0, 0.05) is 43.7 Å². The molecule has 0 radical (unpaired) electrons. The summed E-state index contributed by atoms with van der Waals surface area (Å²) in [7, 11) is 1.62. The third kappa shape index (κ3) is 4.91. The van der Waals surface area contributed by atoms with Gasteiger partial charge in [-0.2, -0.15) is 0 Å². The van der Waals surface area contributed by atoms with Crippen molar-refractivity contribution < 1.29 is 14.3 Å². The highest BCUT2D eigenvalue weighted by Gasteiger charge is 2.40. The van der Waals surface area contributed by atoms with E-state index >= 15 is 0 Å². The van der Waals surface area contributed by atoms with E-state index in [-0.39, 0.29) is 34.9 Å². The van der Waals surface area contributed by atoms with Crippen LogP contribution in [0.2, 0.25) is 0 Å². The first kappa shape index (κ1) is 18.2. The van der Waals surface area contributed by atoms with Crippen molar-refractivity contribution in [2.24, 2.45) is 5.92 Å². The Balaban J connectivity index is 1.91. The molecule has 0 aromatic rings. The summed E-state index contributed by atoms with van der Waals surface area (Å²) in [6, 6.07) is 0.150. The number of likely N-dealkylation sites (tertiary alicyclic amines) is 1. The molecule has 0 aromatic carbocycles. The van der Waals surface area contributed by atoms with Gasteiger partial charge in [-0.25, -0.2) is 0 Å². The van der Waals surface area contributed by atoms with Gasteiger partial charge in [0.1, 0.15) is 0 Å². The van der Waals surface area contributed by atoms with E-state index in [1.54, 1.807) is 12.0 Å². The Hall–Kier alpha value is -1.14. The number of hydrogen-bond donors (Lipinski definition) is 2. The average molecular weight is 325 g/mol. The Morgan fingerprint density at radius 2 is 1.91 bits per heavy atom. The first-order valence-corrected chi connectivity index (χ1v) is 8.48. The van der Waals surface area contributed by atoms with Crippen molar-refractivity contribution >= 4 is 11.8 Å². The van der Waals surface area contributed by atoms with Crippen molar-refractivity contribution in [1.82, 2.24) is 15.5 Å². The summed E-state index contributed by atoms with van der Waals surface area (Å²) >= 11 is 0. The van der Waals surface area contributed by atoms with Crippen LogP contribution in [-0.2, 0) is 14.3 Å². The number of nitrogens with one attached hydrogen (secondary N) is 2. The Kier molecular flexibility index (Phi) is 5.36. The standard InChI is InChI=1S/C17H31N3O3/c1-16(2)9-13(10-17(3,4)19-16)18-15(22)12-8-14(21)20(11-12)6-7-23-5/h12-13,19H,6-11H2,1-5H3,(H,18,22). The Morgan fingerprint density at radius 1 is 1.30 bits per heavy atom. The van der Waals surface area contributed by atoms with Crippen LogP contribution in [0, 0.1) is 5.92 Å². The van der Waals surface area contributed by atoms with Gasteiger partial charge in [0.15, 0.2) is 0 Å². The van der Waals surface area contributed by atoms with Gasteiger partial charge < -0.3 is 20.3 Å². The zero-order valence-corrected chi connectivity index (χ0v) is 15.1. The van der Waals surface area contributed by atoms with Crippen LogP contribution in [0.25, 0.3) is 0 Å². The molecule has 6 heteroatoms. The van der Waals surface area contributed by atoms with E-state index in [1.165, 1.54) is 0 Å². The summed E-state index contributed by atoms with van der Waals surface area (Å²) in [4.78, 5) is 26.3. The third-order valence-electron chi connectivity index (χ3n) is 4.69. The topological polar surface area (TPSA) is 70.7 Å². The molecule has 2 aliphatic rings. The van der Waals surface area contributed by atoms with Crippen LogP contribution in [0.1, 0.15) is 47.0 Å². The van der Waals surface area contributed by atoms with E-state index in [9.17, 15) is 9.59 Å². The smallest absolute Gasteiger partial charge is 0.225 e. The number of methoxy groups -OCH3 is 1. The van der Waals surface area contributed by atoms with E-state index in [0.29, 0.717) is 26.1 Å². The number of rotatable bonds is 5. The highest BCUT2D eigenvalue weighted by molar-refractivity contribution is 5.89. The maximum Gasteiger partial charge on any atom is 0.225 e. The van der Waals surface area contributed by atoms with Crippen LogP contribution >= 0.6 is 0 Å². The number of amides is 2. The fraction of sp³-hybridized carbons (Fsp3) is 0.882. The number of carbonyl (C=O) groups excluding carboxylic acids is 2. The molecule has 1 unspecified atom stereocenters. The molecule has 0 aromatic heterocycles. The zero-order valence-electron chi connectivity index (χ0n) is 15.1. The fourth-order valence-electron chi connectivity index (χ4n) is 4.11.